The molecule has 0 spiro atoms. The maximum atomic E-state index is 4.40. The van der Waals surface area contributed by atoms with Crippen LogP contribution in [0.5, 0.6) is 0 Å². The number of thiazole rings is 1. The molecule has 0 N–H and O–H groups in total. The second-order valence-corrected chi connectivity index (χ2v) is 3.78. The summed E-state index contributed by atoms with van der Waals surface area (Å²) in [5.74, 6) is 0. The van der Waals surface area contributed by atoms with Crippen molar-refractivity contribution >= 4 is 23.1 Å². The van der Waals surface area contributed by atoms with E-state index in [2.05, 4.69) is 36.9 Å². The first-order valence-electron chi connectivity index (χ1n) is 4.75. The van der Waals surface area contributed by atoms with E-state index in [1.54, 1.807) is 17.4 Å². The lowest BCUT2D eigenvalue weighted by Crippen LogP contribution is -2.20. The summed E-state index contributed by atoms with van der Waals surface area (Å²) in [4.78, 5) is 6.60. The number of nitrogens with zero attached hydrogens (tertiary/aromatic N) is 2. The molecular weight excluding hydrogens is 192 g/mol. The molecule has 14 heavy (non-hydrogen) atoms. The Balaban J connectivity index is 2.82. The first-order chi connectivity index (χ1) is 6.72. The van der Waals surface area contributed by atoms with Crippen molar-refractivity contribution in [1.29, 1.82) is 0 Å². The number of hydrogen-bond acceptors (Lipinski definition) is 3. The van der Waals surface area contributed by atoms with E-state index in [1.165, 1.54) is 0 Å². The quantitative estimate of drug-likeness (QED) is 0.739. The summed E-state index contributed by atoms with van der Waals surface area (Å²) in [5.41, 5.74) is 1.97. The highest BCUT2D eigenvalue weighted by Crippen LogP contribution is 2.19. The van der Waals surface area contributed by atoms with Crippen LogP contribution in [-0.2, 0) is 0 Å². The van der Waals surface area contributed by atoms with Crippen LogP contribution < -0.4 is 0 Å². The van der Waals surface area contributed by atoms with Crippen LogP contribution in [0.2, 0.25) is 0 Å². The Morgan fingerprint density at radius 2 is 2.21 bits per heavy atom. The number of hydrogen-bond donors (Lipinski definition) is 0. The Morgan fingerprint density at radius 3 is 2.64 bits per heavy atom. The van der Waals surface area contributed by atoms with Gasteiger partial charge in [0.15, 0.2) is 0 Å². The van der Waals surface area contributed by atoms with E-state index in [1.807, 2.05) is 5.38 Å². The van der Waals surface area contributed by atoms with Gasteiger partial charge in [-0.05, 0) is 19.9 Å². The van der Waals surface area contributed by atoms with Crippen LogP contribution in [0.15, 0.2) is 18.5 Å². The number of aromatic nitrogens is 1. The van der Waals surface area contributed by atoms with E-state index >= 15 is 0 Å². The standard InChI is InChI=1S/C11H16N2S/c1-5-11-12-10(8-14-11)9(4)13(6-2)7-3/h5,8H,1,4,6-7H2,2-3H3. The lowest BCUT2D eigenvalue weighted by Gasteiger charge is -2.21. The first-order valence-corrected chi connectivity index (χ1v) is 5.63. The van der Waals surface area contributed by atoms with Gasteiger partial charge in [0.05, 0.1) is 11.4 Å². The third-order valence-electron chi connectivity index (χ3n) is 2.14. The molecule has 0 aromatic carbocycles. The van der Waals surface area contributed by atoms with Gasteiger partial charge in [-0.25, -0.2) is 4.98 Å². The van der Waals surface area contributed by atoms with Gasteiger partial charge in [0.25, 0.3) is 0 Å². The maximum absolute atomic E-state index is 4.40. The molecule has 1 aromatic rings. The van der Waals surface area contributed by atoms with Crippen molar-refractivity contribution in [2.24, 2.45) is 0 Å². The summed E-state index contributed by atoms with van der Waals surface area (Å²) in [5, 5.41) is 2.98. The second-order valence-electron chi connectivity index (χ2n) is 2.89. The zero-order valence-electron chi connectivity index (χ0n) is 8.79. The van der Waals surface area contributed by atoms with E-state index < -0.39 is 0 Å². The predicted molar refractivity (Wildman–Crippen MR) is 64.2 cm³/mol. The molecule has 76 valence electrons. The van der Waals surface area contributed by atoms with Crippen molar-refractivity contribution in [2.45, 2.75) is 13.8 Å². The smallest absolute Gasteiger partial charge is 0.116 e. The van der Waals surface area contributed by atoms with Gasteiger partial charge in [0.2, 0.25) is 0 Å². The molecule has 3 heteroatoms. The molecule has 1 heterocycles. The van der Waals surface area contributed by atoms with Crippen molar-refractivity contribution in [3.63, 3.8) is 0 Å². The van der Waals surface area contributed by atoms with E-state index in [0.717, 1.165) is 29.5 Å². The molecule has 0 unspecified atom stereocenters. The summed E-state index contributed by atoms with van der Waals surface area (Å²) in [7, 11) is 0. The molecule has 2 nitrogen and oxygen atoms in total. The maximum Gasteiger partial charge on any atom is 0.116 e. The minimum atomic E-state index is 0.952. The summed E-state index contributed by atoms with van der Waals surface area (Å²) < 4.78 is 0. The van der Waals surface area contributed by atoms with Crippen LogP contribution in [0.3, 0.4) is 0 Å². The minimum Gasteiger partial charge on any atom is -0.371 e. The molecule has 0 radical (unpaired) electrons. The Bertz CT molecular complexity index is 324. The van der Waals surface area contributed by atoms with Gasteiger partial charge >= 0.3 is 0 Å². The van der Waals surface area contributed by atoms with Crippen molar-refractivity contribution in [3.8, 4) is 0 Å². The molecule has 1 aromatic heterocycles. The largest absolute Gasteiger partial charge is 0.371 e. The summed E-state index contributed by atoms with van der Waals surface area (Å²) in [6.07, 6.45) is 1.77. The fourth-order valence-corrected chi connectivity index (χ4v) is 1.95. The molecular formula is C11H16N2S. The van der Waals surface area contributed by atoms with Gasteiger partial charge in [-0.15, -0.1) is 11.3 Å². The average Bonchev–Trinajstić information content (AvgIpc) is 2.67. The first kappa shape index (κ1) is 11.0. The van der Waals surface area contributed by atoms with E-state index in [0.29, 0.717) is 0 Å². The fraction of sp³-hybridized carbons (Fsp3) is 0.364. The molecule has 0 atom stereocenters. The molecule has 0 saturated heterocycles. The van der Waals surface area contributed by atoms with Crippen LogP contribution in [0.25, 0.3) is 11.8 Å². The highest BCUT2D eigenvalue weighted by atomic mass is 32.1. The zero-order chi connectivity index (χ0) is 10.6. The minimum absolute atomic E-state index is 0.952. The van der Waals surface area contributed by atoms with Crippen molar-refractivity contribution in [1.82, 2.24) is 9.88 Å². The summed E-state index contributed by atoms with van der Waals surface area (Å²) in [6.45, 7) is 13.9. The predicted octanol–water partition coefficient (Wildman–Crippen LogP) is 3.10. The van der Waals surface area contributed by atoms with Crippen molar-refractivity contribution < 1.29 is 0 Å². The summed E-state index contributed by atoms with van der Waals surface area (Å²) in [6, 6.07) is 0. The highest BCUT2D eigenvalue weighted by molar-refractivity contribution is 7.10. The van der Waals surface area contributed by atoms with Crippen LogP contribution in [0.1, 0.15) is 24.5 Å². The highest BCUT2D eigenvalue weighted by Gasteiger charge is 2.08. The van der Waals surface area contributed by atoms with Crippen LogP contribution in [-0.4, -0.2) is 23.0 Å². The number of rotatable bonds is 5. The molecule has 0 aliphatic rings. The monoisotopic (exact) mass is 208 g/mol. The van der Waals surface area contributed by atoms with Gasteiger partial charge in [0, 0.05) is 18.5 Å². The SMILES string of the molecule is C=Cc1nc(C(=C)N(CC)CC)cs1. The second kappa shape index (κ2) is 4.96. The summed E-state index contributed by atoms with van der Waals surface area (Å²) >= 11 is 1.60. The van der Waals surface area contributed by atoms with Crippen LogP contribution in [0, 0.1) is 0 Å². The van der Waals surface area contributed by atoms with Gasteiger partial charge in [-0.3, -0.25) is 0 Å². The van der Waals surface area contributed by atoms with Crippen LogP contribution in [0.4, 0.5) is 0 Å². The van der Waals surface area contributed by atoms with Gasteiger partial charge in [-0.2, -0.15) is 0 Å². The lowest BCUT2D eigenvalue weighted by molar-refractivity contribution is 0.441. The Morgan fingerprint density at radius 1 is 1.57 bits per heavy atom. The topological polar surface area (TPSA) is 16.1 Å². The molecule has 0 saturated carbocycles. The zero-order valence-corrected chi connectivity index (χ0v) is 9.60. The normalized spacial score (nSPS) is 9.86. The Kier molecular flexibility index (Phi) is 3.89. The van der Waals surface area contributed by atoms with Gasteiger partial charge in [0.1, 0.15) is 5.01 Å². The Hall–Kier alpha value is -1.09. The molecule has 1 rings (SSSR count). The van der Waals surface area contributed by atoms with Gasteiger partial charge in [-0.1, -0.05) is 13.2 Å². The van der Waals surface area contributed by atoms with Crippen molar-refractivity contribution in [2.75, 3.05) is 13.1 Å². The molecule has 0 aliphatic carbocycles. The third-order valence-corrected chi connectivity index (χ3v) is 2.98. The third kappa shape index (κ3) is 2.23. The lowest BCUT2D eigenvalue weighted by atomic mass is 10.3. The molecule has 0 amide bonds. The van der Waals surface area contributed by atoms with E-state index in [9.17, 15) is 0 Å². The van der Waals surface area contributed by atoms with Crippen molar-refractivity contribution in [3.05, 3.63) is 29.2 Å². The van der Waals surface area contributed by atoms with E-state index in [4.69, 9.17) is 0 Å². The average molecular weight is 208 g/mol. The molecule has 0 aliphatic heterocycles. The molecule has 0 bridgehead atoms. The molecule has 0 fully saturated rings. The van der Waals surface area contributed by atoms with Crippen LogP contribution >= 0.6 is 11.3 Å². The van der Waals surface area contributed by atoms with Gasteiger partial charge < -0.3 is 4.90 Å². The Labute approximate surface area is 89.6 Å². The van der Waals surface area contributed by atoms with E-state index in [-0.39, 0.29) is 0 Å². The fourth-order valence-electron chi connectivity index (χ4n) is 1.28.